The van der Waals surface area contributed by atoms with E-state index in [1.165, 1.54) is 6.42 Å². The molecule has 3 rings (SSSR count). The van der Waals surface area contributed by atoms with Crippen LogP contribution in [0, 0.1) is 0 Å². The first kappa shape index (κ1) is 27.3. The standard InChI is InChI=1S/C28H36Cl2N2O3/c1-4-25(28(34)31-21-10-6-5-7-11-21)32(17-20-14-15-23(29)24(30)16-20)27(33)18-35-26-13-9-8-12-22(26)19(2)3/h8-9,12-16,19,21,25H,4-7,10-11,17-18H2,1-3H3,(H,31,34)/t25-/m0/s1. The minimum absolute atomic E-state index is 0.115. The monoisotopic (exact) mass is 518 g/mol. The summed E-state index contributed by atoms with van der Waals surface area (Å²) in [5.74, 6) is 0.582. The van der Waals surface area contributed by atoms with E-state index < -0.39 is 6.04 Å². The van der Waals surface area contributed by atoms with Crippen LogP contribution < -0.4 is 10.1 Å². The second-order valence-electron chi connectivity index (χ2n) is 9.52. The summed E-state index contributed by atoms with van der Waals surface area (Å²) in [6.07, 6.45) is 5.92. The van der Waals surface area contributed by atoms with Crippen molar-refractivity contribution in [1.29, 1.82) is 0 Å². The lowest BCUT2D eigenvalue weighted by Gasteiger charge is -2.33. The van der Waals surface area contributed by atoms with E-state index in [2.05, 4.69) is 19.2 Å². The molecule has 5 nitrogen and oxygen atoms in total. The van der Waals surface area contributed by atoms with Gasteiger partial charge in [-0.15, -0.1) is 0 Å². The van der Waals surface area contributed by atoms with E-state index in [0.29, 0.717) is 22.2 Å². The summed E-state index contributed by atoms with van der Waals surface area (Å²) in [6.45, 7) is 6.18. The first-order chi connectivity index (χ1) is 16.8. The van der Waals surface area contributed by atoms with Gasteiger partial charge in [0, 0.05) is 12.6 Å². The van der Waals surface area contributed by atoms with E-state index in [9.17, 15) is 9.59 Å². The van der Waals surface area contributed by atoms with Gasteiger partial charge in [-0.1, -0.05) is 87.5 Å². The second kappa shape index (κ2) is 13.2. The Morgan fingerprint density at radius 3 is 2.43 bits per heavy atom. The smallest absolute Gasteiger partial charge is 0.261 e. The van der Waals surface area contributed by atoms with Crippen molar-refractivity contribution in [2.45, 2.75) is 83.8 Å². The van der Waals surface area contributed by atoms with Crippen molar-refractivity contribution in [3.8, 4) is 5.75 Å². The molecule has 0 spiro atoms. The number of carbonyl (C=O) groups is 2. The molecular weight excluding hydrogens is 483 g/mol. The van der Waals surface area contributed by atoms with Crippen molar-refractivity contribution in [1.82, 2.24) is 10.2 Å². The van der Waals surface area contributed by atoms with Crippen molar-refractivity contribution in [2.24, 2.45) is 0 Å². The fraction of sp³-hybridized carbons (Fsp3) is 0.500. The number of para-hydroxylation sites is 1. The Bertz CT molecular complexity index is 1010. The summed E-state index contributed by atoms with van der Waals surface area (Å²) in [5, 5.41) is 4.05. The van der Waals surface area contributed by atoms with E-state index in [1.54, 1.807) is 17.0 Å². The molecule has 1 fully saturated rings. The Kier molecular flexibility index (Phi) is 10.3. The molecule has 0 bridgehead atoms. The van der Waals surface area contributed by atoms with Crippen molar-refractivity contribution in [3.05, 3.63) is 63.6 Å². The Morgan fingerprint density at radius 2 is 1.77 bits per heavy atom. The van der Waals surface area contributed by atoms with Gasteiger partial charge in [0.25, 0.3) is 5.91 Å². The molecule has 2 aromatic rings. The highest BCUT2D eigenvalue weighted by atomic mass is 35.5. The minimum atomic E-state index is -0.608. The van der Waals surface area contributed by atoms with Crippen molar-refractivity contribution in [2.75, 3.05) is 6.61 Å². The number of nitrogens with one attached hydrogen (secondary N) is 1. The predicted molar refractivity (Wildman–Crippen MR) is 142 cm³/mol. The summed E-state index contributed by atoms with van der Waals surface area (Å²) in [7, 11) is 0. The van der Waals surface area contributed by atoms with E-state index in [4.69, 9.17) is 27.9 Å². The molecule has 2 amide bonds. The minimum Gasteiger partial charge on any atom is -0.483 e. The molecule has 0 unspecified atom stereocenters. The van der Waals surface area contributed by atoms with Gasteiger partial charge in [-0.2, -0.15) is 0 Å². The third-order valence-electron chi connectivity index (χ3n) is 6.57. The lowest BCUT2D eigenvalue weighted by atomic mass is 9.95. The van der Waals surface area contributed by atoms with Crippen LogP contribution in [0.25, 0.3) is 0 Å². The van der Waals surface area contributed by atoms with Crippen LogP contribution in [0.5, 0.6) is 5.75 Å². The van der Waals surface area contributed by atoms with Crippen LogP contribution in [0.2, 0.25) is 10.0 Å². The molecule has 1 aliphatic rings. The number of ether oxygens (including phenoxy) is 1. The number of nitrogens with zero attached hydrogens (tertiary/aromatic N) is 1. The highest BCUT2D eigenvalue weighted by Crippen LogP contribution is 2.27. The largest absolute Gasteiger partial charge is 0.483 e. The number of benzene rings is 2. The molecule has 2 aromatic carbocycles. The van der Waals surface area contributed by atoms with Crippen molar-refractivity contribution in [3.63, 3.8) is 0 Å². The highest BCUT2D eigenvalue weighted by Gasteiger charge is 2.31. The van der Waals surface area contributed by atoms with E-state index >= 15 is 0 Å². The van der Waals surface area contributed by atoms with Crippen LogP contribution in [0.15, 0.2) is 42.5 Å². The van der Waals surface area contributed by atoms with Gasteiger partial charge in [0.05, 0.1) is 10.0 Å². The van der Waals surface area contributed by atoms with Crippen LogP contribution >= 0.6 is 23.2 Å². The molecule has 1 N–H and O–H groups in total. The molecule has 0 saturated heterocycles. The van der Waals surface area contributed by atoms with Gasteiger partial charge >= 0.3 is 0 Å². The number of amides is 2. The third-order valence-corrected chi connectivity index (χ3v) is 7.31. The lowest BCUT2D eigenvalue weighted by Crippen LogP contribution is -2.52. The predicted octanol–water partition coefficient (Wildman–Crippen LogP) is 6.75. The fourth-order valence-electron chi connectivity index (χ4n) is 4.61. The highest BCUT2D eigenvalue weighted by molar-refractivity contribution is 6.42. The Hall–Kier alpha value is -2.24. The van der Waals surface area contributed by atoms with Gasteiger partial charge in [-0.25, -0.2) is 0 Å². The maximum absolute atomic E-state index is 13.5. The number of rotatable bonds is 10. The average Bonchev–Trinajstić information content (AvgIpc) is 2.85. The van der Waals surface area contributed by atoms with E-state index in [-0.39, 0.29) is 36.9 Å². The molecule has 1 aliphatic carbocycles. The average molecular weight is 520 g/mol. The molecule has 190 valence electrons. The van der Waals surface area contributed by atoms with Gasteiger partial charge in [0.15, 0.2) is 6.61 Å². The summed E-state index contributed by atoms with van der Waals surface area (Å²) in [4.78, 5) is 28.4. The van der Waals surface area contributed by atoms with Gasteiger partial charge in [0.2, 0.25) is 5.91 Å². The Morgan fingerprint density at radius 1 is 1.06 bits per heavy atom. The molecule has 1 atom stereocenters. The fourth-order valence-corrected chi connectivity index (χ4v) is 4.93. The lowest BCUT2D eigenvalue weighted by molar-refractivity contribution is -0.143. The molecular formula is C28H36Cl2N2O3. The number of hydrogen-bond donors (Lipinski definition) is 1. The normalized spacial score (nSPS) is 15.0. The Balaban J connectivity index is 1.80. The number of carbonyl (C=O) groups excluding carboxylic acids is 2. The molecule has 0 aromatic heterocycles. The second-order valence-corrected chi connectivity index (χ2v) is 10.3. The molecule has 1 saturated carbocycles. The third kappa shape index (κ3) is 7.62. The summed E-state index contributed by atoms with van der Waals surface area (Å²) < 4.78 is 5.98. The summed E-state index contributed by atoms with van der Waals surface area (Å²) in [6, 6.07) is 12.6. The van der Waals surface area contributed by atoms with Gasteiger partial charge in [-0.3, -0.25) is 9.59 Å². The van der Waals surface area contributed by atoms with Gasteiger partial charge < -0.3 is 15.0 Å². The SMILES string of the molecule is CC[C@@H](C(=O)NC1CCCCC1)N(Cc1ccc(Cl)c(Cl)c1)C(=O)COc1ccccc1C(C)C. The molecule has 35 heavy (non-hydrogen) atoms. The number of hydrogen-bond acceptors (Lipinski definition) is 3. The molecule has 7 heteroatoms. The van der Waals surface area contributed by atoms with Crippen LogP contribution in [0.4, 0.5) is 0 Å². The van der Waals surface area contributed by atoms with E-state index in [1.807, 2.05) is 37.3 Å². The van der Waals surface area contributed by atoms with Crippen LogP contribution in [0.1, 0.15) is 76.3 Å². The maximum atomic E-state index is 13.5. The Labute approximate surface area is 219 Å². The topological polar surface area (TPSA) is 58.6 Å². The summed E-state index contributed by atoms with van der Waals surface area (Å²) >= 11 is 12.3. The zero-order valence-electron chi connectivity index (χ0n) is 20.9. The quantitative estimate of drug-likeness (QED) is 0.378. The molecule has 0 aliphatic heterocycles. The first-order valence-corrected chi connectivity index (χ1v) is 13.3. The van der Waals surface area contributed by atoms with Gasteiger partial charge in [0.1, 0.15) is 11.8 Å². The number of halogens is 2. The molecule has 0 heterocycles. The zero-order valence-corrected chi connectivity index (χ0v) is 22.4. The van der Waals surface area contributed by atoms with Crippen LogP contribution in [-0.2, 0) is 16.1 Å². The van der Waals surface area contributed by atoms with E-state index in [0.717, 1.165) is 36.8 Å². The molecule has 0 radical (unpaired) electrons. The van der Waals surface area contributed by atoms with Crippen molar-refractivity contribution >= 4 is 35.0 Å². The van der Waals surface area contributed by atoms with Crippen LogP contribution in [0.3, 0.4) is 0 Å². The van der Waals surface area contributed by atoms with Crippen molar-refractivity contribution < 1.29 is 14.3 Å². The first-order valence-electron chi connectivity index (χ1n) is 12.6. The summed E-state index contributed by atoms with van der Waals surface area (Å²) in [5.41, 5.74) is 1.85. The zero-order chi connectivity index (χ0) is 25.4. The maximum Gasteiger partial charge on any atom is 0.261 e. The van der Waals surface area contributed by atoms with Gasteiger partial charge in [-0.05, 0) is 54.5 Å². The van der Waals surface area contributed by atoms with Crippen LogP contribution in [-0.4, -0.2) is 35.4 Å².